The summed E-state index contributed by atoms with van der Waals surface area (Å²) in [5.41, 5.74) is 2.81. The van der Waals surface area contributed by atoms with Crippen LogP contribution in [0.1, 0.15) is 0 Å². The van der Waals surface area contributed by atoms with Crippen LogP contribution in [-0.4, -0.2) is 33.6 Å². The van der Waals surface area contributed by atoms with E-state index < -0.39 is 7.25 Å². The van der Waals surface area contributed by atoms with Crippen molar-refractivity contribution in [3.8, 4) is 11.1 Å². The lowest BCUT2D eigenvalue weighted by atomic mass is 9.99. The molecule has 0 N–H and O–H groups in total. The van der Waals surface area contributed by atoms with Crippen LogP contribution in [0.25, 0.3) is 47.2 Å². The fourth-order valence-electron chi connectivity index (χ4n) is 4.42. The molecule has 0 radical (unpaired) electrons. The molecule has 0 spiro atoms. The molecule has 0 amide bonds. The van der Waals surface area contributed by atoms with Gasteiger partial charge in [0.2, 0.25) is 5.39 Å². The van der Waals surface area contributed by atoms with Gasteiger partial charge in [0.15, 0.2) is 16.3 Å². The molecule has 12 heteroatoms. The van der Waals surface area contributed by atoms with E-state index in [1.165, 1.54) is 0 Å². The van der Waals surface area contributed by atoms with Crippen LogP contribution in [0.2, 0.25) is 0 Å². The van der Waals surface area contributed by atoms with Gasteiger partial charge in [-0.25, -0.2) is 0 Å². The number of para-hydroxylation sites is 1. The van der Waals surface area contributed by atoms with Gasteiger partial charge in [0.1, 0.15) is 5.58 Å². The average Bonchev–Trinajstić information content (AvgIpc) is 3.27. The average molecular weight is 527 g/mol. The second kappa shape index (κ2) is 9.84. The van der Waals surface area contributed by atoms with Crippen LogP contribution in [0.15, 0.2) is 69.9 Å². The van der Waals surface area contributed by atoms with Crippen LogP contribution >= 0.6 is 11.3 Å². The number of benzene rings is 3. The predicted molar refractivity (Wildman–Crippen MR) is 139 cm³/mol. The Hall–Kier alpha value is -3.95. The number of nitrogens with zero attached hydrogens (tertiary/aromatic N) is 3. The predicted octanol–water partition coefficient (Wildman–Crippen LogP) is 7.45. The minimum absolute atomic E-state index is 0.0656. The largest absolute Gasteiger partial charge is 0.673 e. The maximum absolute atomic E-state index is 13.0. The number of halogens is 4. The van der Waals surface area contributed by atoms with Gasteiger partial charge in [-0.2, -0.15) is 0 Å². The summed E-state index contributed by atoms with van der Waals surface area (Å²) in [7, 11) is -6.00. The molecule has 6 rings (SSSR count). The smallest absolute Gasteiger partial charge is 0.440 e. The number of diazo groups is 1. The van der Waals surface area contributed by atoms with Crippen molar-refractivity contribution in [1.29, 1.82) is 5.39 Å². The summed E-state index contributed by atoms with van der Waals surface area (Å²) < 4.78 is 52.9. The Morgan fingerprint density at radius 3 is 2.35 bits per heavy atom. The van der Waals surface area contributed by atoms with E-state index in [1.807, 2.05) is 41.3 Å². The number of anilines is 1. The fourth-order valence-corrected chi connectivity index (χ4v) is 5.67. The molecule has 1 aliphatic rings. The summed E-state index contributed by atoms with van der Waals surface area (Å²) in [6, 6.07) is 19.0. The second-order valence-electron chi connectivity index (χ2n) is 8.26. The lowest BCUT2D eigenvalue weighted by Crippen LogP contribution is -2.36. The second-order valence-corrected chi connectivity index (χ2v) is 9.31. The maximum Gasteiger partial charge on any atom is 0.673 e. The molecule has 0 atom stereocenters. The standard InChI is InChI=1S/C25H18N3O3S.BF4/c26-27-19-9-8-16(25-23(19)18-4-1-2-7-21(18)32-25)15-5-3-6-17-20(29)14-22(31-24(15)17)28-10-12-30-13-11-28;2-1(3,4)5/h1-9,14H,10-13H2;/q+1;-1. The van der Waals surface area contributed by atoms with Crippen molar-refractivity contribution in [3.63, 3.8) is 0 Å². The van der Waals surface area contributed by atoms with Crippen molar-refractivity contribution < 1.29 is 26.4 Å². The van der Waals surface area contributed by atoms with Crippen LogP contribution in [0.4, 0.5) is 28.8 Å². The van der Waals surface area contributed by atoms with E-state index >= 15 is 0 Å². The van der Waals surface area contributed by atoms with Gasteiger partial charge in [-0.3, -0.25) is 4.79 Å². The zero-order chi connectivity index (χ0) is 26.2. The van der Waals surface area contributed by atoms with E-state index in [-0.39, 0.29) is 5.43 Å². The first-order valence-electron chi connectivity index (χ1n) is 11.3. The number of morpholine rings is 1. The lowest BCUT2D eigenvalue weighted by molar-refractivity contribution is 0.121. The van der Waals surface area contributed by atoms with Crippen molar-refractivity contribution in [2.45, 2.75) is 0 Å². The first-order chi connectivity index (χ1) is 17.7. The van der Waals surface area contributed by atoms with Gasteiger partial charge >= 0.3 is 12.9 Å². The Balaban J connectivity index is 0.000000514. The van der Waals surface area contributed by atoms with Crippen LogP contribution in [0, 0.1) is 5.39 Å². The molecule has 0 bridgehead atoms. The Bertz CT molecular complexity index is 1720. The molecule has 0 unspecified atom stereocenters. The molecule has 0 aliphatic carbocycles. The minimum atomic E-state index is -6.00. The van der Waals surface area contributed by atoms with Crippen LogP contribution < -0.4 is 10.3 Å². The number of rotatable bonds is 2. The van der Waals surface area contributed by atoms with Crippen molar-refractivity contribution in [1.82, 2.24) is 0 Å². The van der Waals surface area contributed by atoms with Gasteiger partial charge in [0.05, 0.1) is 28.7 Å². The number of hydrogen-bond donors (Lipinski definition) is 0. The molecule has 3 aromatic carbocycles. The van der Waals surface area contributed by atoms with E-state index in [1.54, 1.807) is 29.5 Å². The molecule has 1 fully saturated rings. The highest BCUT2D eigenvalue weighted by molar-refractivity contribution is 7.26. The van der Waals surface area contributed by atoms with Gasteiger partial charge < -0.3 is 31.3 Å². The summed E-state index contributed by atoms with van der Waals surface area (Å²) in [4.78, 5) is 18.5. The summed E-state index contributed by atoms with van der Waals surface area (Å²) in [5, 5.41) is 12.1. The molecule has 37 heavy (non-hydrogen) atoms. The summed E-state index contributed by atoms with van der Waals surface area (Å²) in [6.07, 6.45) is 0. The van der Waals surface area contributed by atoms with Crippen molar-refractivity contribution in [2.75, 3.05) is 31.2 Å². The molecule has 5 aromatic rings. The zero-order valence-corrected chi connectivity index (χ0v) is 20.0. The third kappa shape index (κ3) is 5.01. The van der Waals surface area contributed by atoms with Crippen LogP contribution in [-0.2, 0) is 4.74 Å². The van der Waals surface area contributed by atoms with E-state index in [4.69, 9.17) is 9.15 Å². The number of thiophene rings is 1. The topological polar surface area (TPSA) is 70.8 Å². The van der Waals surface area contributed by atoms with E-state index in [0.717, 1.165) is 31.3 Å². The zero-order valence-electron chi connectivity index (χ0n) is 19.2. The Morgan fingerprint density at radius 1 is 0.919 bits per heavy atom. The minimum Gasteiger partial charge on any atom is -0.440 e. The van der Waals surface area contributed by atoms with Crippen LogP contribution in [0.3, 0.4) is 0 Å². The number of ether oxygens (including phenoxy) is 1. The summed E-state index contributed by atoms with van der Waals surface area (Å²) in [6.45, 7) is 2.59. The van der Waals surface area contributed by atoms with Gasteiger partial charge in [0, 0.05) is 46.4 Å². The van der Waals surface area contributed by atoms with E-state index in [9.17, 15) is 27.5 Å². The van der Waals surface area contributed by atoms with E-state index in [2.05, 4.69) is 11.0 Å². The molecular formula is C25H18BF4N3O3S. The lowest BCUT2D eigenvalue weighted by Gasteiger charge is -2.27. The Kier molecular flexibility index (Phi) is 6.58. The SMILES string of the molecule is F[B-](F)(F)F.N#[N+]c1ccc(-c2cccc3c(=O)cc(N4CCOCC4)oc23)c2sc3ccccc3c12. The van der Waals surface area contributed by atoms with Gasteiger partial charge in [-0.15, -0.1) is 11.3 Å². The molecule has 2 aromatic heterocycles. The van der Waals surface area contributed by atoms with Crippen molar-refractivity contribution in [2.24, 2.45) is 0 Å². The van der Waals surface area contributed by atoms with Gasteiger partial charge in [-0.1, -0.05) is 30.3 Å². The highest BCUT2D eigenvalue weighted by Gasteiger charge is 2.23. The monoisotopic (exact) mass is 527 g/mol. The third-order valence-corrected chi connectivity index (χ3v) is 7.17. The third-order valence-electron chi connectivity index (χ3n) is 5.97. The number of hydrogen-bond acceptors (Lipinski definition) is 6. The summed E-state index contributed by atoms with van der Waals surface area (Å²) >= 11 is 1.64. The molecule has 1 saturated heterocycles. The van der Waals surface area contributed by atoms with Gasteiger partial charge in [-0.05, 0) is 18.2 Å². The Morgan fingerprint density at radius 2 is 1.62 bits per heavy atom. The maximum atomic E-state index is 13.0. The molecule has 188 valence electrons. The molecule has 0 saturated carbocycles. The van der Waals surface area contributed by atoms with Crippen LogP contribution in [0.5, 0.6) is 0 Å². The first kappa shape index (κ1) is 24.7. The highest BCUT2D eigenvalue weighted by atomic mass is 32.1. The van der Waals surface area contributed by atoms with Gasteiger partial charge in [0.25, 0.3) is 0 Å². The molecular weight excluding hydrogens is 509 g/mol. The van der Waals surface area contributed by atoms with E-state index in [0.29, 0.717) is 48.8 Å². The molecule has 3 heterocycles. The quantitative estimate of drug-likeness (QED) is 0.136. The molecule has 6 nitrogen and oxygen atoms in total. The number of fused-ring (bicyclic) bond motifs is 4. The highest BCUT2D eigenvalue weighted by Crippen LogP contribution is 2.45. The first-order valence-corrected chi connectivity index (χ1v) is 12.1. The normalized spacial score (nSPS) is 14.0. The van der Waals surface area contributed by atoms with Crippen molar-refractivity contribution >= 4 is 61.3 Å². The summed E-state index contributed by atoms with van der Waals surface area (Å²) in [5.74, 6) is 0.563. The molecule has 1 aliphatic heterocycles. The Labute approximate surface area is 211 Å². The fraction of sp³-hybridized carbons (Fsp3) is 0.160. The van der Waals surface area contributed by atoms with Crippen molar-refractivity contribution in [3.05, 3.63) is 75.9 Å².